The summed E-state index contributed by atoms with van der Waals surface area (Å²) in [5, 5.41) is 8.65. The van der Waals surface area contributed by atoms with Gasteiger partial charge in [0.05, 0.1) is 25.2 Å². The maximum Gasteiger partial charge on any atom is 0.401 e. The Morgan fingerprint density at radius 2 is 1.75 bits per heavy atom. The number of likely N-dealkylation sites (tertiary alicyclic amines) is 1. The van der Waals surface area contributed by atoms with E-state index < -0.39 is 24.4 Å². The molecule has 2 aromatic carbocycles. The average Bonchev–Trinajstić information content (AvgIpc) is 3.33. The monoisotopic (exact) mass is 609 g/mol. The van der Waals surface area contributed by atoms with Gasteiger partial charge in [-0.2, -0.15) is 18.3 Å². The molecule has 0 aliphatic carbocycles. The zero-order valence-corrected chi connectivity index (χ0v) is 23.7. The largest absolute Gasteiger partial charge is 0.494 e. The molecule has 0 radical (unpaired) electrons. The lowest BCUT2D eigenvalue weighted by Crippen LogP contribution is -2.51. The van der Waals surface area contributed by atoms with Crippen LogP contribution in [0.3, 0.4) is 0 Å². The van der Waals surface area contributed by atoms with E-state index in [1.807, 2.05) is 12.1 Å². The predicted octanol–water partition coefficient (Wildman–Crippen LogP) is 6.39. The van der Waals surface area contributed by atoms with Crippen molar-refractivity contribution in [1.29, 1.82) is 0 Å². The molecule has 5 aromatic rings. The van der Waals surface area contributed by atoms with Gasteiger partial charge >= 0.3 is 6.18 Å². The minimum Gasteiger partial charge on any atom is -0.494 e. The topological polar surface area (TPSA) is 81.0 Å². The van der Waals surface area contributed by atoms with E-state index in [1.54, 1.807) is 49.8 Å². The summed E-state index contributed by atoms with van der Waals surface area (Å²) in [6, 6.07) is 13.1. The van der Waals surface area contributed by atoms with E-state index in [2.05, 4.69) is 20.4 Å². The average molecular weight is 610 g/mol. The molecule has 0 unspecified atom stereocenters. The van der Waals surface area contributed by atoms with E-state index >= 15 is 0 Å². The van der Waals surface area contributed by atoms with Crippen molar-refractivity contribution in [1.82, 2.24) is 29.6 Å². The van der Waals surface area contributed by atoms with E-state index in [9.17, 15) is 22.0 Å². The quantitative estimate of drug-likeness (QED) is 0.184. The molecule has 44 heavy (non-hydrogen) atoms. The maximum absolute atomic E-state index is 14.9. The van der Waals surface area contributed by atoms with Gasteiger partial charge in [-0.3, -0.25) is 14.6 Å². The number of alkyl halides is 3. The molecule has 228 valence electrons. The van der Waals surface area contributed by atoms with Crippen molar-refractivity contribution in [3.63, 3.8) is 0 Å². The highest BCUT2D eigenvalue weighted by molar-refractivity contribution is 5.91. The van der Waals surface area contributed by atoms with Gasteiger partial charge in [0.25, 0.3) is 0 Å². The van der Waals surface area contributed by atoms with Crippen LogP contribution in [-0.2, 0) is 13.0 Å². The number of ether oxygens (including phenoxy) is 1. The zero-order valence-electron chi connectivity index (χ0n) is 23.7. The highest BCUT2D eigenvalue weighted by Crippen LogP contribution is 2.32. The molecule has 1 aliphatic heterocycles. The Morgan fingerprint density at radius 3 is 2.45 bits per heavy atom. The smallest absolute Gasteiger partial charge is 0.401 e. The summed E-state index contributed by atoms with van der Waals surface area (Å²) < 4.78 is 75.0. The molecule has 0 bridgehead atoms. The third-order valence-electron chi connectivity index (χ3n) is 7.36. The zero-order chi connectivity index (χ0) is 30.8. The number of benzene rings is 2. The Morgan fingerprint density at radius 1 is 1.02 bits per heavy atom. The molecule has 1 fully saturated rings. The molecular formula is C31H28F5N7O. The van der Waals surface area contributed by atoms with Crippen molar-refractivity contribution >= 4 is 22.4 Å². The molecule has 13 heteroatoms. The molecule has 1 N–H and O–H groups in total. The summed E-state index contributed by atoms with van der Waals surface area (Å²) in [5.74, 6) is -0.607. The highest BCUT2D eigenvalue weighted by Gasteiger charge is 2.37. The summed E-state index contributed by atoms with van der Waals surface area (Å²) in [6.07, 6.45) is 1.14. The van der Waals surface area contributed by atoms with Crippen molar-refractivity contribution in [3.05, 3.63) is 89.9 Å². The number of hydrogen-bond acceptors (Lipinski definition) is 7. The normalized spacial score (nSPS) is 14.1. The second-order valence-electron chi connectivity index (χ2n) is 10.6. The molecule has 0 spiro atoms. The fourth-order valence-electron chi connectivity index (χ4n) is 5.39. The first kappa shape index (κ1) is 29.4. The number of nitrogens with one attached hydrogen (secondary N) is 1. The number of fused-ring (bicyclic) bond motifs is 1. The third-order valence-corrected chi connectivity index (χ3v) is 7.36. The summed E-state index contributed by atoms with van der Waals surface area (Å²) >= 11 is 0. The van der Waals surface area contributed by atoms with Crippen molar-refractivity contribution in [3.8, 4) is 17.3 Å². The number of anilines is 2. The van der Waals surface area contributed by atoms with Gasteiger partial charge in [-0.15, -0.1) is 0 Å². The van der Waals surface area contributed by atoms with Gasteiger partial charge < -0.3 is 10.1 Å². The van der Waals surface area contributed by atoms with Crippen molar-refractivity contribution in [2.24, 2.45) is 5.92 Å². The van der Waals surface area contributed by atoms with Crippen LogP contribution >= 0.6 is 0 Å². The summed E-state index contributed by atoms with van der Waals surface area (Å²) in [7, 11) is 0. The summed E-state index contributed by atoms with van der Waals surface area (Å²) in [5.41, 5.74) is 2.34. The third kappa shape index (κ3) is 6.47. The van der Waals surface area contributed by atoms with Gasteiger partial charge in [-0.1, -0.05) is 18.2 Å². The van der Waals surface area contributed by atoms with Crippen molar-refractivity contribution < 1.29 is 26.7 Å². The number of halogens is 5. The van der Waals surface area contributed by atoms with E-state index in [-0.39, 0.29) is 36.2 Å². The van der Waals surface area contributed by atoms with Crippen molar-refractivity contribution in [2.75, 3.05) is 31.6 Å². The molecule has 1 saturated heterocycles. The Bertz CT molecular complexity index is 1750. The molecule has 3 aromatic heterocycles. The van der Waals surface area contributed by atoms with Crippen LogP contribution in [0.1, 0.15) is 18.1 Å². The molecule has 0 saturated carbocycles. The van der Waals surface area contributed by atoms with Crippen LogP contribution in [0.4, 0.5) is 33.5 Å². The van der Waals surface area contributed by atoms with Crippen LogP contribution in [0, 0.1) is 17.6 Å². The van der Waals surface area contributed by atoms with E-state index in [4.69, 9.17) is 9.72 Å². The number of rotatable bonds is 10. The second kappa shape index (κ2) is 12.2. The Balaban J connectivity index is 1.33. The van der Waals surface area contributed by atoms with Crippen LogP contribution in [0.15, 0.2) is 67.1 Å². The van der Waals surface area contributed by atoms with Crippen LogP contribution < -0.4 is 10.1 Å². The van der Waals surface area contributed by atoms with Crippen LogP contribution in [-0.4, -0.2) is 62.0 Å². The maximum atomic E-state index is 14.9. The first-order valence-corrected chi connectivity index (χ1v) is 14.1. The Hall–Kier alpha value is -4.65. The Kier molecular flexibility index (Phi) is 8.13. The van der Waals surface area contributed by atoms with Gasteiger partial charge in [0.2, 0.25) is 0 Å². The van der Waals surface area contributed by atoms with E-state index in [0.29, 0.717) is 41.9 Å². The van der Waals surface area contributed by atoms with E-state index in [0.717, 1.165) is 23.4 Å². The lowest BCUT2D eigenvalue weighted by atomic mass is 9.93. The fourth-order valence-corrected chi connectivity index (χ4v) is 5.39. The van der Waals surface area contributed by atoms with Gasteiger partial charge in [0.1, 0.15) is 28.9 Å². The highest BCUT2D eigenvalue weighted by atomic mass is 19.4. The van der Waals surface area contributed by atoms with Gasteiger partial charge in [-0.05, 0) is 37.5 Å². The predicted molar refractivity (Wildman–Crippen MR) is 155 cm³/mol. The fraction of sp³-hybridized carbons (Fsp3) is 0.290. The SMILES string of the molecule is CCOc1cc(F)c(Cn2nc(-c3ncc(CC4CN(CC(F)(F)F)C4)c(Nc4ccncc4)n3)c3ccccc32)c(F)c1. The number of pyridine rings is 1. The van der Waals surface area contributed by atoms with Gasteiger partial charge in [-0.25, -0.2) is 18.7 Å². The number of nitrogens with zero attached hydrogens (tertiary/aromatic N) is 6. The molecule has 4 heterocycles. The lowest BCUT2D eigenvalue weighted by molar-refractivity contribution is -0.158. The van der Waals surface area contributed by atoms with Gasteiger partial charge in [0.15, 0.2) is 5.82 Å². The van der Waals surface area contributed by atoms with E-state index in [1.165, 1.54) is 9.58 Å². The molecule has 1 aliphatic rings. The minimum absolute atomic E-state index is 0.0173. The van der Waals surface area contributed by atoms with Crippen molar-refractivity contribution in [2.45, 2.75) is 26.1 Å². The first-order valence-electron chi connectivity index (χ1n) is 14.1. The number of aromatic nitrogens is 5. The Labute approximate surface area is 249 Å². The first-order chi connectivity index (χ1) is 21.2. The van der Waals surface area contributed by atoms with Crippen LogP contribution in [0.25, 0.3) is 22.4 Å². The minimum atomic E-state index is -4.24. The number of hydrogen-bond donors (Lipinski definition) is 1. The lowest BCUT2D eigenvalue weighted by Gasteiger charge is -2.39. The molecule has 6 rings (SSSR count). The van der Waals surface area contributed by atoms with Crippen LogP contribution in [0.5, 0.6) is 5.75 Å². The molecule has 0 amide bonds. The standard InChI is InChI=1S/C31H28F5N7O/c1-2-44-22-12-25(32)24(26(33)13-22)17-43-27-6-4-3-5-23(27)28(41-43)30-38-14-20(11-19-15-42(16-19)18-31(34,35)36)29(40-30)39-21-7-9-37-10-8-21/h3-10,12-14,19H,2,11,15-18H2,1H3,(H,37,38,39,40). The number of para-hydroxylation sites is 1. The molecule has 8 nitrogen and oxygen atoms in total. The summed E-state index contributed by atoms with van der Waals surface area (Å²) in [6.45, 7) is 1.54. The van der Waals surface area contributed by atoms with Crippen LogP contribution in [0.2, 0.25) is 0 Å². The van der Waals surface area contributed by atoms with Gasteiger partial charge in [0, 0.05) is 66.0 Å². The molecular weight excluding hydrogens is 581 g/mol. The molecule has 0 atom stereocenters. The second-order valence-corrected chi connectivity index (χ2v) is 10.6. The summed E-state index contributed by atoms with van der Waals surface area (Å²) in [4.78, 5) is 14.8.